The van der Waals surface area contributed by atoms with Gasteiger partial charge < -0.3 is 5.73 Å². The SMILES string of the molecule is Cn1cc(S(=O)(=O)Nc2c(CN)cnn2C)cn1. The Labute approximate surface area is 104 Å². The van der Waals surface area contributed by atoms with Crippen LogP contribution in [0, 0.1) is 0 Å². The molecule has 0 amide bonds. The van der Waals surface area contributed by atoms with Gasteiger partial charge >= 0.3 is 0 Å². The number of nitrogens with one attached hydrogen (secondary N) is 1. The number of hydrogen-bond donors (Lipinski definition) is 2. The van der Waals surface area contributed by atoms with Crippen molar-refractivity contribution in [1.82, 2.24) is 19.6 Å². The van der Waals surface area contributed by atoms with E-state index in [0.29, 0.717) is 11.4 Å². The fourth-order valence-corrected chi connectivity index (χ4v) is 2.60. The van der Waals surface area contributed by atoms with Gasteiger partial charge in [-0.25, -0.2) is 8.42 Å². The Hall–Kier alpha value is -1.87. The highest BCUT2D eigenvalue weighted by atomic mass is 32.2. The number of rotatable bonds is 4. The van der Waals surface area contributed by atoms with E-state index in [4.69, 9.17) is 5.73 Å². The van der Waals surface area contributed by atoms with Crippen molar-refractivity contribution in [2.75, 3.05) is 4.72 Å². The highest BCUT2D eigenvalue weighted by Gasteiger charge is 2.19. The lowest BCUT2D eigenvalue weighted by Crippen LogP contribution is -2.16. The molecule has 0 aliphatic rings. The van der Waals surface area contributed by atoms with Crippen molar-refractivity contribution >= 4 is 15.8 Å². The third-order valence-electron chi connectivity index (χ3n) is 2.46. The summed E-state index contributed by atoms with van der Waals surface area (Å²) in [6.07, 6.45) is 4.22. The maximum atomic E-state index is 12.1. The molecule has 0 aliphatic heterocycles. The predicted octanol–water partition coefficient (Wildman–Crippen LogP) is -0.587. The van der Waals surface area contributed by atoms with Crippen molar-refractivity contribution < 1.29 is 8.42 Å². The van der Waals surface area contributed by atoms with E-state index in [2.05, 4.69) is 14.9 Å². The summed E-state index contributed by atoms with van der Waals surface area (Å²) in [6.45, 7) is 0.207. The van der Waals surface area contributed by atoms with Crippen LogP contribution in [0.5, 0.6) is 0 Å². The number of anilines is 1. The highest BCUT2D eigenvalue weighted by Crippen LogP contribution is 2.18. The van der Waals surface area contributed by atoms with Crippen LogP contribution in [0.2, 0.25) is 0 Å². The van der Waals surface area contributed by atoms with Gasteiger partial charge in [0, 0.05) is 32.4 Å². The third kappa shape index (κ3) is 2.22. The molecular weight excluding hydrogens is 256 g/mol. The molecule has 0 unspecified atom stereocenters. The number of aromatic nitrogens is 4. The minimum absolute atomic E-state index is 0.0918. The number of hydrogen-bond acceptors (Lipinski definition) is 5. The largest absolute Gasteiger partial charge is 0.326 e. The van der Waals surface area contributed by atoms with E-state index in [0.717, 1.165) is 0 Å². The van der Waals surface area contributed by atoms with Gasteiger partial charge in [0.2, 0.25) is 0 Å². The summed E-state index contributed by atoms with van der Waals surface area (Å²) in [6, 6.07) is 0. The van der Waals surface area contributed by atoms with Crippen molar-refractivity contribution in [1.29, 1.82) is 0 Å². The number of sulfonamides is 1. The maximum Gasteiger partial charge on any atom is 0.266 e. The summed E-state index contributed by atoms with van der Waals surface area (Å²) >= 11 is 0. The first-order valence-corrected chi connectivity index (χ1v) is 6.65. The molecule has 2 rings (SSSR count). The molecule has 0 atom stereocenters. The molecule has 0 spiro atoms. The molecule has 2 aromatic heterocycles. The fourth-order valence-electron chi connectivity index (χ4n) is 1.49. The van der Waals surface area contributed by atoms with Gasteiger partial charge in [-0.1, -0.05) is 0 Å². The lowest BCUT2D eigenvalue weighted by atomic mass is 10.3. The normalized spacial score (nSPS) is 11.7. The van der Waals surface area contributed by atoms with Crippen molar-refractivity contribution in [2.24, 2.45) is 19.8 Å². The van der Waals surface area contributed by atoms with Gasteiger partial charge in [0.1, 0.15) is 10.7 Å². The summed E-state index contributed by atoms with van der Waals surface area (Å²) in [4.78, 5) is 0.0918. The zero-order valence-electron chi connectivity index (χ0n) is 10.0. The van der Waals surface area contributed by atoms with Gasteiger partial charge in [-0.15, -0.1) is 0 Å². The van der Waals surface area contributed by atoms with Crippen LogP contribution in [0.4, 0.5) is 5.82 Å². The minimum Gasteiger partial charge on any atom is -0.326 e. The Morgan fingerprint density at radius 2 is 2.06 bits per heavy atom. The molecule has 8 nitrogen and oxygen atoms in total. The smallest absolute Gasteiger partial charge is 0.266 e. The molecule has 2 heterocycles. The highest BCUT2D eigenvalue weighted by molar-refractivity contribution is 7.92. The summed E-state index contributed by atoms with van der Waals surface area (Å²) in [5.74, 6) is 0.362. The molecule has 0 saturated heterocycles. The average Bonchev–Trinajstić information content (AvgIpc) is 2.87. The van der Waals surface area contributed by atoms with Gasteiger partial charge in [0.25, 0.3) is 10.0 Å². The van der Waals surface area contributed by atoms with E-state index in [9.17, 15) is 8.42 Å². The molecule has 9 heteroatoms. The summed E-state index contributed by atoms with van der Waals surface area (Å²) in [5.41, 5.74) is 6.15. The van der Waals surface area contributed by atoms with Gasteiger partial charge in [0.05, 0.1) is 12.4 Å². The van der Waals surface area contributed by atoms with Crippen LogP contribution >= 0.6 is 0 Å². The summed E-state index contributed by atoms with van der Waals surface area (Å²) < 4.78 is 29.5. The topological polar surface area (TPSA) is 108 Å². The Morgan fingerprint density at radius 3 is 2.61 bits per heavy atom. The van der Waals surface area contributed by atoms with Gasteiger partial charge in [0.15, 0.2) is 0 Å². The van der Waals surface area contributed by atoms with Crippen molar-refractivity contribution in [3.63, 3.8) is 0 Å². The molecule has 3 N–H and O–H groups in total. The Kier molecular flexibility index (Phi) is 3.09. The van der Waals surface area contributed by atoms with Crippen LogP contribution in [0.1, 0.15) is 5.56 Å². The molecule has 98 valence electrons. The molecule has 0 bridgehead atoms. The van der Waals surface area contributed by atoms with Crippen molar-refractivity contribution in [2.45, 2.75) is 11.4 Å². The van der Waals surface area contributed by atoms with Gasteiger partial charge in [-0.3, -0.25) is 14.1 Å². The second-order valence-corrected chi connectivity index (χ2v) is 5.48. The second kappa shape index (κ2) is 4.42. The zero-order valence-corrected chi connectivity index (χ0v) is 10.8. The van der Waals surface area contributed by atoms with E-state index in [-0.39, 0.29) is 11.4 Å². The van der Waals surface area contributed by atoms with Crippen LogP contribution < -0.4 is 10.5 Å². The molecular formula is C9H14N6O2S. The number of nitrogens with zero attached hydrogens (tertiary/aromatic N) is 4. The van der Waals surface area contributed by atoms with E-state index in [1.165, 1.54) is 28.0 Å². The molecule has 18 heavy (non-hydrogen) atoms. The first-order chi connectivity index (χ1) is 8.44. The van der Waals surface area contributed by atoms with Crippen LogP contribution in [-0.2, 0) is 30.7 Å². The Balaban J connectivity index is 2.36. The first-order valence-electron chi connectivity index (χ1n) is 5.16. The molecule has 0 radical (unpaired) electrons. The lowest BCUT2D eigenvalue weighted by Gasteiger charge is -2.08. The zero-order chi connectivity index (χ0) is 13.3. The maximum absolute atomic E-state index is 12.1. The van der Waals surface area contributed by atoms with Gasteiger partial charge in [-0.2, -0.15) is 10.2 Å². The Morgan fingerprint density at radius 1 is 1.33 bits per heavy atom. The standard InChI is InChI=1S/C9H14N6O2S/c1-14-6-8(5-11-14)18(16,17)13-9-7(3-10)4-12-15(9)2/h4-6,13H,3,10H2,1-2H3. The molecule has 0 fully saturated rings. The fraction of sp³-hybridized carbons (Fsp3) is 0.333. The summed E-state index contributed by atoms with van der Waals surface area (Å²) in [5, 5.41) is 7.79. The second-order valence-electron chi connectivity index (χ2n) is 3.80. The van der Waals surface area contributed by atoms with Crippen molar-refractivity contribution in [3.8, 4) is 0 Å². The molecule has 0 saturated carbocycles. The van der Waals surface area contributed by atoms with Gasteiger partial charge in [-0.05, 0) is 0 Å². The van der Waals surface area contributed by atoms with E-state index in [1.54, 1.807) is 14.1 Å². The third-order valence-corrected chi connectivity index (χ3v) is 3.75. The lowest BCUT2D eigenvalue weighted by molar-refractivity contribution is 0.600. The van der Waals surface area contributed by atoms with Crippen LogP contribution in [0.25, 0.3) is 0 Å². The number of nitrogens with two attached hydrogens (primary N) is 1. The van der Waals surface area contributed by atoms with E-state index >= 15 is 0 Å². The summed E-state index contributed by atoms with van der Waals surface area (Å²) in [7, 11) is -0.381. The predicted molar refractivity (Wildman–Crippen MR) is 65.1 cm³/mol. The van der Waals surface area contributed by atoms with E-state index < -0.39 is 10.0 Å². The molecule has 2 aromatic rings. The first kappa shape index (κ1) is 12.6. The van der Waals surface area contributed by atoms with Crippen LogP contribution in [0.15, 0.2) is 23.5 Å². The minimum atomic E-state index is -3.67. The quantitative estimate of drug-likeness (QED) is 0.772. The average molecular weight is 270 g/mol. The Bertz CT molecular complexity index is 656. The molecule has 0 aliphatic carbocycles. The molecule has 0 aromatic carbocycles. The van der Waals surface area contributed by atoms with Crippen molar-refractivity contribution in [3.05, 3.63) is 24.2 Å². The number of aryl methyl sites for hydroxylation is 2. The monoisotopic (exact) mass is 270 g/mol. The van der Waals surface area contributed by atoms with Crippen LogP contribution in [0.3, 0.4) is 0 Å². The van der Waals surface area contributed by atoms with E-state index in [1.807, 2.05) is 0 Å². The van der Waals surface area contributed by atoms with Crippen LogP contribution in [-0.4, -0.2) is 28.0 Å².